The maximum atomic E-state index is 11.8. The van der Waals surface area contributed by atoms with Crippen molar-refractivity contribution in [3.05, 3.63) is 40.1 Å². The third-order valence-corrected chi connectivity index (χ3v) is 3.76. The van der Waals surface area contributed by atoms with E-state index in [1.807, 2.05) is 4.72 Å². The van der Waals surface area contributed by atoms with Gasteiger partial charge in [0.25, 0.3) is 5.91 Å². The van der Waals surface area contributed by atoms with E-state index in [2.05, 4.69) is 4.98 Å². The fourth-order valence-electron chi connectivity index (χ4n) is 1.74. The van der Waals surface area contributed by atoms with Crippen molar-refractivity contribution in [3.63, 3.8) is 0 Å². The first-order valence-corrected chi connectivity index (χ1v) is 8.33. The molecule has 0 radical (unpaired) electrons. The summed E-state index contributed by atoms with van der Waals surface area (Å²) in [5.41, 5.74) is 0.427. The lowest BCUT2D eigenvalue weighted by atomic mass is 10.2. The van der Waals surface area contributed by atoms with Gasteiger partial charge in [-0.25, -0.2) is 18.1 Å². The van der Waals surface area contributed by atoms with Crippen LogP contribution < -0.4 is 4.72 Å². The number of hydrogen-bond acceptors (Lipinski definition) is 4. The first-order chi connectivity index (χ1) is 9.69. The fraction of sp³-hybridized carbons (Fsp3) is 0.167. The Bertz CT molecular complexity index is 795. The largest absolute Gasteiger partial charge is 0.333 e. The highest BCUT2D eigenvalue weighted by Gasteiger charge is 2.19. The molecule has 2 aromatic rings. The van der Waals surface area contributed by atoms with Crippen LogP contribution in [0.3, 0.4) is 0 Å². The lowest BCUT2D eigenvalue weighted by Gasteiger charge is -2.06. The molecule has 2 rings (SSSR count). The van der Waals surface area contributed by atoms with E-state index >= 15 is 0 Å². The van der Waals surface area contributed by atoms with Gasteiger partial charge >= 0.3 is 0 Å². The fourth-order valence-corrected chi connectivity index (χ4v) is 2.75. The van der Waals surface area contributed by atoms with Gasteiger partial charge in [0, 0.05) is 13.2 Å². The molecule has 1 aromatic heterocycles. The Morgan fingerprint density at radius 3 is 2.38 bits per heavy atom. The monoisotopic (exact) mass is 347 g/mol. The van der Waals surface area contributed by atoms with E-state index in [0.717, 1.165) is 6.26 Å². The van der Waals surface area contributed by atoms with E-state index in [1.165, 1.54) is 6.20 Å². The van der Waals surface area contributed by atoms with Crippen LogP contribution in [0, 0.1) is 0 Å². The SMILES string of the molecule is Cn1cc(C(=O)NS(C)(=O)=O)nc1-c1c(Cl)cccc1Cl. The van der Waals surface area contributed by atoms with Crippen LogP contribution >= 0.6 is 23.2 Å². The molecule has 0 spiro atoms. The number of aromatic nitrogens is 2. The zero-order valence-electron chi connectivity index (χ0n) is 11.1. The van der Waals surface area contributed by atoms with Crippen LogP contribution in [0.1, 0.15) is 10.5 Å². The van der Waals surface area contributed by atoms with Gasteiger partial charge in [-0.1, -0.05) is 29.3 Å². The molecule has 1 amide bonds. The number of carbonyl (C=O) groups is 1. The van der Waals surface area contributed by atoms with Gasteiger partial charge in [-0.15, -0.1) is 0 Å². The van der Waals surface area contributed by atoms with Gasteiger partial charge in [-0.05, 0) is 12.1 Å². The number of sulfonamides is 1. The van der Waals surface area contributed by atoms with Crippen LogP contribution in [0.4, 0.5) is 0 Å². The molecule has 0 aliphatic carbocycles. The molecule has 1 N–H and O–H groups in total. The normalized spacial score (nSPS) is 11.4. The lowest BCUT2D eigenvalue weighted by molar-refractivity contribution is 0.0977. The molecule has 0 aliphatic heterocycles. The number of rotatable bonds is 3. The third-order valence-electron chi connectivity index (χ3n) is 2.57. The Morgan fingerprint density at radius 1 is 1.29 bits per heavy atom. The van der Waals surface area contributed by atoms with E-state index in [-0.39, 0.29) is 5.69 Å². The van der Waals surface area contributed by atoms with E-state index in [1.54, 1.807) is 29.8 Å². The zero-order valence-corrected chi connectivity index (χ0v) is 13.4. The number of imidazole rings is 1. The van der Waals surface area contributed by atoms with Crippen LogP contribution in [-0.2, 0) is 17.1 Å². The molecule has 0 bridgehead atoms. The van der Waals surface area contributed by atoms with E-state index in [4.69, 9.17) is 23.2 Å². The van der Waals surface area contributed by atoms with Gasteiger partial charge in [0.05, 0.1) is 21.9 Å². The number of nitrogens with zero attached hydrogens (tertiary/aromatic N) is 2. The summed E-state index contributed by atoms with van der Waals surface area (Å²) >= 11 is 12.2. The summed E-state index contributed by atoms with van der Waals surface area (Å²) in [7, 11) is -2.00. The summed E-state index contributed by atoms with van der Waals surface area (Å²) in [5, 5.41) is 0.762. The number of halogens is 2. The van der Waals surface area contributed by atoms with E-state index in [0.29, 0.717) is 21.4 Å². The van der Waals surface area contributed by atoms with E-state index in [9.17, 15) is 13.2 Å². The minimum atomic E-state index is -3.66. The first kappa shape index (κ1) is 15.8. The molecule has 21 heavy (non-hydrogen) atoms. The molecule has 0 fully saturated rings. The summed E-state index contributed by atoms with van der Waals surface area (Å²) in [6.45, 7) is 0. The number of amides is 1. The Hall–Kier alpha value is -1.57. The highest BCUT2D eigenvalue weighted by molar-refractivity contribution is 7.89. The smallest absolute Gasteiger partial charge is 0.284 e. The number of hydrogen-bond donors (Lipinski definition) is 1. The molecule has 1 aromatic carbocycles. The van der Waals surface area contributed by atoms with Crippen molar-refractivity contribution in [1.29, 1.82) is 0 Å². The molecular weight excluding hydrogens is 337 g/mol. The molecule has 0 saturated heterocycles. The molecule has 6 nitrogen and oxygen atoms in total. The standard InChI is InChI=1S/C12H11Cl2N3O3S/c1-17-6-9(12(18)16-21(2,19)20)15-11(17)10-7(13)4-3-5-8(10)14/h3-6H,1-2H3,(H,16,18). The second kappa shape index (κ2) is 5.67. The number of benzene rings is 1. The van der Waals surface area contributed by atoms with Crippen molar-refractivity contribution < 1.29 is 13.2 Å². The lowest BCUT2D eigenvalue weighted by Crippen LogP contribution is -2.29. The third kappa shape index (κ3) is 3.55. The van der Waals surface area contributed by atoms with Crippen molar-refractivity contribution in [3.8, 4) is 11.4 Å². The summed E-state index contributed by atoms with van der Waals surface area (Å²) in [5.74, 6) is -0.452. The van der Waals surface area contributed by atoms with Crippen LogP contribution in [0.5, 0.6) is 0 Å². The predicted octanol–water partition coefficient (Wildman–Crippen LogP) is 2.08. The van der Waals surface area contributed by atoms with Crippen LogP contribution in [-0.4, -0.2) is 30.1 Å². The van der Waals surface area contributed by atoms with Gasteiger partial charge in [-0.2, -0.15) is 0 Å². The summed E-state index contributed by atoms with van der Waals surface area (Å²) in [6, 6.07) is 4.98. The Kier molecular flexibility index (Phi) is 4.27. The summed E-state index contributed by atoms with van der Waals surface area (Å²) in [4.78, 5) is 15.9. The molecule has 1 heterocycles. The molecular formula is C12H11Cl2N3O3S. The molecule has 112 valence electrons. The van der Waals surface area contributed by atoms with Crippen molar-refractivity contribution in [2.45, 2.75) is 0 Å². The van der Waals surface area contributed by atoms with Gasteiger partial charge in [0.1, 0.15) is 11.5 Å². The molecule has 9 heteroatoms. The first-order valence-electron chi connectivity index (χ1n) is 5.69. The van der Waals surface area contributed by atoms with Crippen molar-refractivity contribution in [2.75, 3.05) is 6.26 Å². The van der Waals surface area contributed by atoms with Gasteiger partial charge in [-0.3, -0.25) is 4.79 Å². The molecule has 0 atom stereocenters. The Balaban J connectivity index is 2.48. The van der Waals surface area contributed by atoms with Crippen LogP contribution in [0.15, 0.2) is 24.4 Å². The second-order valence-corrected chi connectivity index (χ2v) is 6.92. The molecule has 0 unspecified atom stereocenters. The second-order valence-electron chi connectivity index (χ2n) is 4.36. The van der Waals surface area contributed by atoms with Crippen LogP contribution in [0.25, 0.3) is 11.4 Å². The highest BCUT2D eigenvalue weighted by Crippen LogP contribution is 2.33. The van der Waals surface area contributed by atoms with Crippen molar-refractivity contribution in [1.82, 2.24) is 14.3 Å². The Morgan fingerprint density at radius 2 is 1.86 bits per heavy atom. The predicted molar refractivity (Wildman–Crippen MR) is 81.0 cm³/mol. The topological polar surface area (TPSA) is 81.1 Å². The van der Waals surface area contributed by atoms with E-state index < -0.39 is 15.9 Å². The number of nitrogens with one attached hydrogen (secondary N) is 1. The zero-order chi connectivity index (χ0) is 15.8. The van der Waals surface area contributed by atoms with Gasteiger partial charge < -0.3 is 4.57 Å². The quantitative estimate of drug-likeness (QED) is 0.921. The van der Waals surface area contributed by atoms with Crippen molar-refractivity contribution >= 4 is 39.1 Å². The maximum Gasteiger partial charge on any atom is 0.284 e. The highest BCUT2D eigenvalue weighted by atomic mass is 35.5. The van der Waals surface area contributed by atoms with Gasteiger partial charge in [0.15, 0.2) is 0 Å². The number of aryl methyl sites for hydroxylation is 1. The summed E-state index contributed by atoms with van der Waals surface area (Å²) < 4.78 is 25.5. The molecule has 0 aliphatic rings. The summed E-state index contributed by atoms with van der Waals surface area (Å²) in [6.07, 6.45) is 2.29. The molecule has 0 saturated carbocycles. The minimum absolute atomic E-state index is 0.0473. The van der Waals surface area contributed by atoms with Crippen molar-refractivity contribution in [2.24, 2.45) is 7.05 Å². The van der Waals surface area contributed by atoms with Crippen LogP contribution in [0.2, 0.25) is 10.0 Å². The Labute approximate surface area is 131 Å². The van der Waals surface area contributed by atoms with Gasteiger partial charge in [0.2, 0.25) is 10.0 Å². The number of carbonyl (C=O) groups excluding carboxylic acids is 1. The average molecular weight is 348 g/mol. The maximum absolute atomic E-state index is 11.8. The minimum Gasteiger partial charge on any atom is -0.333 e. The average Bonchev–Trinajstić information content (AvgIpc) is 2.69.